The van der Waals surface area contributed by atoms with Gasteiger partial charge in [0, 0.05) is 18.4 Å². The van der Waals surface area contributed by atoms with Crippen LogP contribution < -0.4 is 10.2 Å². The zero-order chi connectivity index (χ0) is 19.6. The summed E-state index contributed by atoms with van der Waals surface area (Å²) in [5.41, 5.74) is 0.927. The molecule has 1 aromatic carbocycles. The van der Waals surface area contributed by atoms with Crippen LogP contribution in [0.25, 0.3) is 0 Å². The van der Waals surface area contributed by atoms with Gasteiger partial charge in [-0.25, -0.2) is 4.98 Å². The number of anilines is 1. The molecule has 0 fully saturated rings. The maximum Gasteiger partial charge on any atom is 0.417 e. The number of aryl methyl sites for hydroxylation is 1. The second-order valence-corrected chi connectivity index (χ2v) is 6.83. The van der Waals surface area contributed by atoms with Crippen molar-refractivity contribution in [3.05, 3.63) is 82.7 Å². The molecule has 1 aliphatic heterocycles. The Morgan fingerprint density at radius 1 is 1.26 bits per heavy atom. The van der Waals surface area contributed by atoms with Crippen molar-refractivity contribution in [2.75, 3.05) is 4.90 Å². The van der Waals surface area contributed by atoms with Gasteiger partial charge in [-0.2, -0.15) is 13.2 Å². The molecule has 0 saturated carbocycles. The summed E-state index contributed by atoms with van der Waals surface area (Å²) in [5.74, 6) is -0.321. The van der Waals surface area contributed by atoms with Gasteiger partial charge in [-0.3, -0.25) is 9.69 Å². The molecule has 2 aromatic rings. The van der Waals surface area contributed by atoms with Crippen LogP contribution in [-0.4, -0.2) is 17.1 Å². The summed E-state index contributed by atoms with van der Waals surface area (Å²) >= 11 is 1.02. The third kappa shape index (κ3) is 4.28. The van der Waals surface area contributed by atoms with Crippen LogP contribution in [0.15, 0.2) is 66.5 Å². The van der Waals surface area contributed by atoms with Crippen molar-refractivity contribution in [1.29, 1.82) is 0 Å². The van der Waals surface area contributed by atoms with Crippen LogP contribution in [-0.2, 0) is 6.54 Å². The zero-order valence-corrected chi connectivity index (χ0v) is 15.2. The monoisotopic (exact) mass is 391 g/mol. The molecule has 3 rings (SSSR count). The van der Waals surface area contributed by atoms with Crippen molar-refractivity contribution >= 4 is 22.4 Å². The van der Waals surface area contributed by atoms with E-state index in [0.717, 1.165) is 29.2 Å². The van der Waals surface area contributed by atoms with Crippen LogP contribution in [0.2, 0.25) is 0 Å². The maximum absolute atomic E-state index is 13.0. The van der Waals surface area contributed by atoms with Crippen LogP contribution in [0.5, 0.6) is 0 Å². The SMILES string of the molecule is C=C1C=CC(C(F)(F)F)=CN1c1nc(C)c(C(=O)NCc2ccccc2)s1. The lowest BCUT2D eigenvalue weighted by atomic mass is 10.2. The largest absolute Gasteiger partial charge is 0.417 e. The van der Waals surface area contributed by atoms with E-state index in [0.29, 0.717) is 22.8 Å². The molecule has 27 heavy (non-hydrogen) atoms. The van der Waals surface area contributed by atoms with E-state index in [1.54, 1.807) is 6.92 Å². The Labute approximate surface area is 158 Å². The highest BCUT2D eigenvalue weighted by Crippen LogP contribution is 2.35. The predicted octanol–water partition coefficient (Wildman–Crippen LogP) is 4.72. The molecule has 0 radical (unpaired) electrons. The maximum atomic E-state index is 13.0. The van der Waals surface area contributed by atoms with Gasteiger partial charge >= 0.3 is 6.18 Å². The summed E-state index contributed by atoms with van der Waals surface area (Å²) < 4.78 is 38.9. The molecule has 0 unspecified atom stereocenters. The van der Waals surface area contributed by atoms with E-state index >= 15 is 0 Å². The number of halogens is 3. The number of carbonyl (C=O) groups excluding carboxylic acids is 1. The number of rotatable bonds is 4. The Kier molecular flexibility index (Phi) is 5.18. The van der Waals surface area contributed by atoms with Crippen LogP contribution in [0.3, 0.4) is 0 Å². The number of thiazole rings is 1. The van der Waals surface area contributed by atoms with E-state index in [9.17, 15) is 18.0 Å². The third-order valence-electron chi connectivity index (χ3n) is 3.85. The Morgan fingerprint density at radius 3 is 2.63 bits per heavy atom. The van der Waals surface area contributed by atoms with Crippen molar-refractivity contribution in [2.45, 2.75) is 19.6 Å². The second kappa shape index (κ2) is 7.40. The summed E-state index contributed by atoms with van der Waals surface area (Å²) in [6, 6.07) is 9.40. The minimum absolute atomic E-state index is 0.258. The van der Waals surface area contributed by atoms with Gasteiger partial charge < -0.3 is 5.32 Å². The Bertz CT molecular complexity index is 929. The number of allylic oxidation sites excluding steroid dienone is 3. The van der Waals surface area contributed by atoms with Crippen molar-refractivity contribution in [1.82, 2.24) is 10.3 Å². The molecule has 0 saturated heterocycles. The molecule has 0 bridgehead atoms. The quantitative estimate of drug-likeness (QED) is 0.821. The number of carbonyl (C=O) groups is 1. The molecule has 0 spiro atoms. The number of amides is 1. The molecule has 4 nitrogen and oxygen atoms in total. The van der Waals surface area contributed by atoms with Gasteiger partial charge in [0.15, 0.2) is 5.13 Å². The standard InChI is InChI=1S/C19H16F3N3OS/c1-12-8-9-15(19(20,21)22)11-25(12)18-24-13(2)16(27-18)17(26)23-10-14-6-4-3-5-7-14/h3-9,11H,1,10H2,2H3,(H,23,26). The number of alkyl halides is 3. The number of nitrogens with zero attached hydrogens (tertiary/aromatic N) is 2. The van der Waals surface area contributed by atoms with Gasteiger partial charge in [0.05, 0.1) is 11.3 Å². The molecular formula is C19H16F3N3OS. The summed E-state index contributed by atoms with van der Waals surface area (Å²) in [6.07, 6.45) is -1.30. The molecule has 1 aromatic heterocycles. The Morgan fingerprint density at radius 2 is 1.96 bits per heavy atom. The first-order valence-electron chi connectivity index (χ1n) is 8.00. The van der Waals surface area contributed by atoms with E-state index in [4.69, 9.17) is 0 Å². The van der Waals surface area contributed by atoms with Crippen molar-refractivity contribution in [3.8, 4) is 0 Å². The minimum Gasteiger partial charge on any atom is -0.347 e. The van der Waals surface area contributed by atoms with E-state index < -0.39 is 11.7 Å². The lowest BCUT2D eigenvalue weighted by Crippen LogP contribution is -2.22. The first-order chi connectivity index (χ1) is 12.8. The first-order valence-corrected chi connectivity index (χ1v) is 8.82. The van der Waals surface area contributed by atoms with Gasteiger partial charge in [-0.05, 0) is 24.6 Å². The molecule has 0 aliphatic carbocycles. The zero-order valence-electron chi connectivity index (χ0n) is 14.4. The van der Waals surface area contributed by atoms with Crippen LogP contribution in [0.4, 0.5) is 18.3 Å². The highest BCUT2D eigenvalue weighted by Gasteiger charge is 2.34. The topological polar surface area (TPSA) is 45.2 Å². The number of aromatic nitrogens is 1. The summed E-state index contributed by atoms with van der Waals surface area (Å²) in [6.45, 7) is 5.74. The lowest BCUT2D eigenvalue weighted by molar-refractivity contribution is -0.0884. The number of nitrogens with one attached hydrogen (secondary N) is 1. The summed E-state index contributed by atoms with van der Waals surface area (Å²) in [5, 5.41) is 3.06. The van der Waals surface area contributed by atoms with Gasteiger partial charge in [0.1, 0.15) is 4.88 Å². The second-order valence-electron chi connectivity index (χ2n) is 5.86. The average Bonchev–Trinajstić information content (AvgIpc) is 3.01. The summed E-state index contributed by atoms with van der Waals surface area (Å²) in [4.78, 5) is 18.3. The molecule has 8 heteroatoms. The fourth-order valence-corrected chi connectivity index (χ4v) is 3.42. The molecule has 2 heterocycles. The average molecular weight is 391 g/mol. The highest BCUT2D eigenvalue weighted by molar-refractivity contribution is 7.17. The molecule has 1 amide bonds. The van der Waals surface area contributed by atoms with E-state index in [-0.39, 0.29) is 11.0 Å². The lowest BCUT2D eigenvalue weighted by Gasteiger charge is -2.23. The van der Waals surface area contributed by atoms with Crippen LogP contribution in [0, 0.1) is 6.92 Å². The molecule has 140 valence electrons. The first kappa shape index (κ1) is 18.9. The van der Waals surface area contributed by atoms with Crippen molar-refractivity contribution in [3.63, 3.8) is 0 Å². The molecule has 0 atom stereocenters. The van der Waals surface area contributed by atoms with E-state index in [1.807, 2.05) is 30.3 Å². The summed E-state index contributed by atoms with van der Waals surface area (Å²) in [7, 11) is 0. The number of hydrogen-bond donors (Lipinski definition) is 1. The predicted molar refractivity (Wildman–Crippen MR) is 99.4 cm³/mol. The fraction of sp³-hybridized carbons (Fsp3) is 0.158. The smallest absolute Gasteiger partial charge is 0.347 e. The molecule has 1 N–H and O–H groups in total. The van der Waals surface area contributed by atoms with Crippen molar-refractivity contribution < 1.29 is 18.0 Å². The minimum atomic E-state index is -4.47. The van der Waals surface area contributed by atoms with Gasteiger partial charge in [0.2, 0.25) is 0 Å². The van der Waals surface area contributed by atoms with Gasteiger partial charge in [0.25, 0.3) is 5.91 Å². The Hall–Kier alpha value is -2.87. The van der Waals surface area contributed by atoms with Crippen LogP contribution >= 0.6 is 11.3 Å². The van der Waals surface area contributed by atoms with E-state index in [1.165, 1.54) is 11.0 Å². The van der Waals surface area contributed by atoms with Crippen LogP contribution in [0.1, 0.15) is 20.9 Å². The fourth-order valence-electron chi connectivity index (χ4n) is 2.43. The molecule has 1 aliphatic rings. The van der Waals surface area contributed by atoms with Gasteiger partial charge in [-0.15, -0.1) is 0 Å². The van der Waals surface area contributed by atoms with Gasteiger partial charge in [-0.1, -0.05) is 48.2 Å². The van der Waals surface area contributed by atoms with Crippen molar-refractivity contribution in [2.24, 2.45) is 0 Å². The third-order valence-corrected chi connectivity index (χ3v) is 5.01. The number of hydrogen-bond acceptors (Lipinski definition) is 4. The highest BCUT2D eigenvalue weighted by atomic mass is 32.1. The van der Waals surface area contributed by atoms with E-state index in [2.05, 4.69) is 16.9 Å². The Balaban J connectivity index is 1.79. The number of benzene rings is 1. The normalized spacial score (nSPS) is 14.3. The molecular weight excluding hydrogens is 375 g/mol.